The third kappa shape index (κ3) is 7.40. The minimum absolute atomic E-state index is 0.0511. The number of ether oxygens (including phenoxy) is 1. The number of rotatable bonds is 11. The van der Waals surface area contributed by atoms with E-state index < -0.39 is 45.7 Å². The number of fused-ring (bicyclic) bond motifs is 1. The van der Waals surface area contributed by atoms with Gasteiger partial charge in [-0.15, -0.1) is 16.4 Å². The summed E-state index contributed by atoms with van der Waals surface area (Å²) in [6.45, 7) is 3.41. The van der Waals surface area contributed by atoms with Gasteiger partial charge in [-0.2, -0.15) is 13.2 Å². The smallest absolute Gasteiger partial charge is 0.416 e. The number of carboxylic acid groups (broad SMARTS) is 1. The number of benzene rings is 2. The van der Waals surface area contributed by atoms with Gasteiger partial charge in [0.25, 0.3) is 10.0 Å². The number of carbonyl (C=O) groups is 2. The van der Waals surface area contributed by atoms with E-state index in [9.17, 15) is 36.3 Å². The maximum Gasteiger partial charge on any atom is 0.416 e. The molecule has 0 unspecified atom stereocenters. The molecule has 17 heteroatoms. The van der Waals surface area contributed by atoms with Crippen molar-refractivity contribution in [2.24, 2.45) is 11.1 Å². The zero-order valence-corrected chi connectivity index (χ0v) is 23.7. The number of hydrogen-bond acceptors (Lipinski definition) is 9. The first-order valence-corrected chi connectivity index (χ1v) is 14.6. The number of primary sulfonamides is 1. The lowest BCUT2D eigenvalue weighted by atomic mass is 10.0. The highest BCUT2D eigenvalue weighted by Crippen LogP contribution is 2.30. The van der Waals surface area contributed by atoms with Crippen molar-refractivity contribution < 1.29 is 41.0 Å². The maximum atomic E-state index is 13.2. The van der Waals surface area contributed by atoms with E-state index >= 15 is 0 Å². The summed E-state index contributed by atoms with van der Waals surface area (Å²) in [6, 6.07) is 6.44. The summed E-state index contributed by atoms with van der Waals surface area (Å²) >= 11 is 0.896. The lowest BCUT2D eigenvalue weighted by molar-refractivity contribution is -0.142. The van der Waals surface area contributed by atoms with Gasteiger partial charge in [0, 0.05) is 6.42 Å². The van der Waals surface area contributed by atoms with E-state index in [2.05, 4.69) is 20.6 Å². The number of nitrogens with two attached hydrogens (primary N) is 1. The molecular formula is C25H25F3N6O6S2. The molecule has 0 saturated heterocycles. The van der Waals surface area contributed by atoms with E-state index in [4.69, 9.17) is 9.88 Å². The number of hydrogen-bond donors (Lipinski definition) is 3. The number of sulfonamides is 1. The molecule has 4 rings (SSSR count). The Kier molecular flexibility index (Phi) is 8.84. The fourth-order valence-electron chi connectivity index (χ4n) is 4.02. The zero-order chi connectivity index (χ0) is 30.8. The van der Waals surface area contributed by atoms with Crippen LogP contribution in [0.2, 0.25) is 0 Å². The molecule has 0 spiro atoms. The Balaban J connectivity index is 1.43. The van der Waals surface area contributed by atoms with Gasteiger partial charge in [0.2, 0.25) is 10.2 Å². The Bertz CT molecular complexity index is 1700. The van der Waals surface area contributed by atoms with Crippen LogP contribution >= 0.6 is 11.3 Å². The van der Waals surface area contributed by atoms with E-state index in [0.717, 1.165) is 23.5 Å². The van der Waals surface area contributed by atoms with Gasteiger partial charge in [-0.25, -0.2) is 28.0 Å². The van der Waals surface area contributed by atoms with Crippen molar-refractivity contribution in [3.05, 3.63) is 65.5 Å². The number of nitrogens with zero attached hydrogens (tertiary/aromatic N) is 4. The Morgan fingerprint density at radius 3 is 2.45 bits per heavy atom. The minimum Gasteiger partial charge on any atom is -0.487 e. The number of carboxylic acids is 1. The Labute approximate surface area is 241 Å². The van der Waals surface area contributed by atoms with E-state index in [1.807, 2.05) is 0 Å². The first kappa shape index (κ1) is 30.9. The molecule has 0 radical (unpaired) electrons. The van der Waals surface area contributed by atoms with Crippen molar-refractivity contribution in [2.45, 2.75) is 49.5 Å². The summed E-state index contributed by atoms with van der Waals surface area (Å²) < 4.78 is 69.0. The van der Waals surface area contributed by atoms with E-state index in [0.29, 0.717) is 27.2 Å². The normalized spacial score (nSPS) is 13.7. The van der Waals surface area contributed by atoms with Crippen LogP contribution in [-0.2, 0) is 38.8 Å². The molecule has 2 aromatic carbocycles. The van der Waals surface area contributed by atoms with Crippen LogP contribution in [0.25, 0.3) is 10.2 Å². The summed E-state index contributed by atoms with van der Waals surface area (Å²) in [5, 5.41) is 25.3. The lowest BCUT2D eigenvalue weighted by Gasteiger charge is -2.23. The standard InChI is InChI=1S/C25H25F3N6O6S2/c1-13(2)21(22(35)30-19(23(36)37)9-14-3-5-15(6-4-14)25(26,27)28)34-11-16(32-33-34)12-40-17-7-8-18-20(10-17)41-24(31-18)42(29,38)39/h3-8,10-11,13,19,21H,9,12H2,1-2H3,(H,30,35)(H,36,37)(H2,29,38,39)/t19-,21+/m1/s1. The number of nitrogens with one attached hydrogen (secondary N) is 1. The Hall–Kier alpha value is -4.09. The second-order valence-electron chi connectivity index (χ2n) is 9.62. The highest BCUT2D eigenvalue weighted by Gasteiger charge is 2.32. The second kappa shape index (κ2) is 12.0. The maximum absolute atomic E-state index is 13.2. The summed E-state index contributed by atoms with van der Waals surface area (Å²) in [4.78, 5) is 29.0. The number of alkyl halides is 3. The molecule has 42 heavy (non-hydrogen) atoms. The SMILES string of the molecule is CC(C)[C@@H](C(=O)N[C@H](Cc1ccc(C(F)(F)F)cc1)C(=O)O)n1cc(COc2ccc3nc(S(N)(=O)=O)sc3c2)nn1. The zero-order valence-electron chi connectivity index (χ0n) is 22.1. The van der Waals surface area contributed by atoms with Gasteiger partial charge in [0.1, 0.15) is 30.1 Å². The van der Waals surface area contributed by atoms with Crippen molar-refractivity contribution >= 4 is 43.5 Å². The molecule has 0 fully saturated rings. The topological polar surface area (TPSA) is 179 Å². The van der Waals surface area contributed by atoms with Crippen LogP contribution in [0, 0.1) is 5.92 Å². The summed E-state index contributed by atoms with van der Waals surface area (Å²) in [5.74, 6) is -1.97. The molecular weight excluding hydrogens is 601 g/mol. The van der Waals surface area contributed by atoms with Crippen molar-refractivity contribution in [3.8, 4) is 5.75 Å². The number of halogens is 3. The first-order valence-electron chi connectivity index (χ1n) is 12.3. The third-order valence-electron chi connectivity index (χ3n) is 6.05. The molecule has 2 heterocycles. The monoisotopic (exact) mass is 626 g/mol. The Morgan fingerprint density at radius 2 is 1.86 bits per heavy atom. The molecule has 0 bridgehead atoms. The van der Waals surface area contributed by atoms with Gasteiger partial charge in [-0.05, 0) is 41.8 Å². The van der Waals surface area contributed by atoms with Gasteiger partial charge >= 0.3 is 12.1 Å². The number of aliphatic carboxylic acids is 1. The van der Waals surface area contributed by atoms with Crippen molar-refractivity contribution in [3.63, 3.8) is 0 Å². The third-order valence-corrected chi connectivity index (χ3v) is 8.39. The molecule has 0 aliphatic heterocycles. The number of amides is 1. The van der Waals surface area contributed by atoms with E-state index in [1.165, 1.54) is 23.0 Å². The van der Waals surface area contributed by atoms with Gasteiger partial charge in [0.15, 0.2) is 0 Å². The number of aromatic nitrogens is 4. The molecule has 4 aromatic rings. The highest BCUT2D eigenvalue weighted by atomic mass is 32.2. The number of thiazole rings is 1. The van der Waals surface area contributed by atoms with Crippen molar-refractivity contribution in [2.75, 3.05) is 0 Å². The fourth-order valence-corrected chi connectivity index (χ4v) is 5.70. The minimum atomic E-state index is -4.53. The van der Waals surface area contributed by atoms with Crippen LogP contribution in [0.5, 0.6) is 5.75 Å². The van der Waals surface area contributed by atoms with E-state index in [-0.39, 0.29) is 23.3 Å². The molecule has 0 aliphatic rings. The largest absolute Gasteiger partial charge is 0.487 e. The van der Waals surface area contributed by atoms with Crippen molar-refractivity contribution in [1.82, 2.24) is 25.3 Å². The fraction of sp³-hybridized carbons (Fsp3) is 0.320. The predicted octanol–water partition coefficient (Wildman–Crippen LogP) is 3.14. The quantitative estimate of drug-likeness (QED) is 0.225. The van der Waals surface area contributed by atoms with Gasteiger partial charge in [0.05, 0.1) is 22.0 Å². The number of carbonyl (C=O) groups excluding carboxylic acids is 1. The van der Waals surface area contributed by atoms with Crippen LogP contribution in [0.1, 0.15) is 36.7 Å². The highest BCUT2D eigenvalue weighted by molar-refractivity contribution is 7.91. The molecule has 1 amide bonds. The van der Waals surface area contributed by atoms with Gasteiger partial charge < -0.3 is 15.2 Å². The molecule has 2 aromatic heterocycles. The van der Waals surface area contributed by atoms with Gasteiger partial charge in [-0.3, -0.25) is 4.79 Å². The van der Waals surface area contributed by atoms with Crippen LogP contribution in [0.3, 0.4) is 0 Å². The summed E-state index contributed by atoms with van der Waals surface area (Å²) in [5.41, 5.74) is 0.219. The lowest BCUT2D eigenvalue weighted by Crippen LogP contribution is -2.46. The summed E-state index contributed by atoms with van der Waals surface area (Å²) in [6.07, 6.45) is -3.29. The molecule has 12 nitrogen and oxygen atoms in total. The van der Waals surface area contributed by atoms with Crippen LogP contribution in [-0.4, -0.2) is 51.4 Å². The molecule has 0 saturated carbocycles. The first-order chi connectivity index (χ1) is 19.6. The predicted molar refractivity (Wildman–Crippen MR) is 144 cm³/mol. The second-order valence-corrected chi connectivity index (χ2v) is 12.4. The van der Waals surface area contributed by atoms with Gasteiger partial charge in [-0.1, -0.05) is 31.2 Å². The average molecular weight is 627 g/mol. The van der Waals surface area contributed by atoms with Crippen molar-refractivity contribution in [1.29, 1.82) is 0 Å². The summed E-state index contributed by atoms with van der Waals surface area (Å²) in [7, 11) is -3.94. The van der Waals surface area contributed by atoms with Crippen LogP contribution < -0.4 is 15.2 Å². The Morgan fingerprint density at radius 1 is 1.17 bits per heavy atom. The van der Waals surface area contributed by atoms with Crippen LogP contribution in [0.4, 0.5) is 13.2 Å². The molecule has 2 atom stereocenters. The van der Waals surface area contributed by atoms with Crippen LogP contribution in [0.15, 0.2) is 53.0 Å². The average Bonchev–Trinajstić information content (AvgIpc) is 3.53. The molecule has 0 aliphatic carbocycles. The molecule has 4 N–H and O–H groups in total. The van der Waals surface area contributed by atoms with E-state index in [1.54, 1.807) is 32.0 Å². The molecule has 224 valence electrons.